The Morgan fingerprint density at radius 2 is 2.36 bits per heavy atom. The molecule has 0 radical (unpaired) electrons. The van der Waals surface area contributed by atoms with Crippen LogP contribution in [-0.4, -0.2) is 17.6 Å². The second-order valence-electron chi connectivity index (χ2n) is 3.05. The van der Waals surface area contributed by atoms with E-state index >= 15 is 0 Å². The highest BCUT2D eigenvalue weighted by molar-refractivity contribution is 5.69. The lowest BCUT2D eigenvalue weighted by Crippen LogP contribution is -2.06. The van der Waals surface area contributed by atoms with E-state index in [9.17, 15) is 4.79 Å². The highest BCUT2D eigenvalue weighted by atomic mass is 16.5. The average molecular weight is 193 g/mol. The Morgan fingerprint density at radius 3 is 3.00 bits per heavy atom. The van der Waals surface area contributed by atoms with E-state index in [1.165, 1.54) is 0 Å². The molecular weight excluding hydrogens is 178 g/mol. The summed E-state index contributed by atoms with van der Waals surface area (Å²) in [5.41, 5.74) is 2.09. The van der Waals surface area contributed by atoms with Gasteiger partial charge < -0.3 is 4.74 Å². The van der Waals surface area contributed by atoms with Gasteiger partial charge in [0.2, 0.25) is 0 Å². The van der Waals surface area contributed by atoms with Gasteiger partial charge in [0.05, 0.1) is 6.61 Å². The number of pyridine rings is 1. The van der Waals surface area contributed by atoms with Crippen LogP contribution in [0, 0.1) is 6.92 Å². The minimum atomic E-state index is -0.143. The fourth-order valence-electron chi connectivity index (χ4n) is 1.25. The quantitative estimate of drug-likeness (QED) is 0.685. The molecule has 0 N–H and O–H groups in total. The Labute approximate surface area is 84.1 Å². The molecule has 0 atom stereocenters. The predicted octanol–water partition coefficient (Wildman–Crippen LogP) is 1.89. The number of hydrogen-bond acceptors (Lipinski definition) is 3. The van der Waals surface area contributed by atoms with Gasteiger partial charge in [-0.15, -0.1) is 0 Å². The second kappa shape index (κ2) is 5.37. The van der Waals surface area contributed by atoms with Crippen LogP contribution in [0.3, 0.4) is 0 Å². The zero-order valence-electron chi connectivity index (χ0n) is 8.62. The molecule has 14 heavy (non-hydrogen) atoms. The molecule has 0 aliphatic heterocycles. The van der Waals surface area contributed by atoms with Gasteiger partial charge in [-0.25, -0.2) is 0 Å². The SMILES string of the molecule is CCOC(=O)CCc1cccnc1C. The minimum Gasteiger partial charge on any atom is -0.466 e. The maximum absolute atomic E-state index is 11.1. The third-order valence-corrected chi connectivity index (χ3v) is 2.02. The number of aromatic nitrogens is 1. The third kappa shape index (κ3) is 3.17. The van der Waals surface area contributed by atoms with Gasteiger partial charge in [0.1, 0.15) is 0 Å². The van der Waals surface area contributed by atoms with Crippen LogP contribution in [-0.2, 0) is 16.0 Å². The number of carbonyl (C=O) groups excluding carboxylic acids is 1. The summed E-state index contributed by atoms with van der Waals surface area (Å²) in [6.45, 7) is 4.21. The van der Waals surface area contributed by atoms with E-state index in [1.54, 1.807) is 6.20 Å². The fourth-order valence-corrected chi connectivity index (χ4v) is 1.25. The molecule has 1 aromatic heterocycles. The summed E-state index contributed by atoms with van der Waals surface area (Å²) >= 11 is 0. The summed E-state index contributed by atoms with van der Waals surface area (Å²) in [5.74, 6) is -0.143. The van der Waals surface area contributed by atoms with Crippen molar-refractivity contribution >= 4 is 5.97 Å². The molecule has 0 aliphatic rings. The number of aryl methyl sites for hydroxylation is 2. The largest absolute Gasteiger partial charge is 0.466 e. The lowest BCUT2D eigenvalue weighted by Gasteiger charge is -2.03. The smallest absolute Gasteiger partial charge is 0.306 e. The summed E-state index contributed by atoms with van der Waals surface area (Å²) in [4.78, 5) is 15.2. The Hall–Kier alpha value is -1.38. The van der Waals surface area contributed by atoms with Crippen LogP contribution < -0.4 is 0 Å². The highest BCUT2D eigenvalue weighted by Gasteiger charge is 2.04. The molecule has 1 heterocycles. The molecule has 0 saturated carbocycles. The van der Waals surface area contributed by atoms with Crippen molar-refractivity contribution in [3.05, 3.63) is 29.6 Å². The van der Waals surface area contributed by atoms with Gasteiger partial charge in [-0.2, -0.15) is 0 Å². The van der Waals surface area contributed by atoms with Gasteiger partial charge >= 0.3 is 5.97 Å². The number of hydrogen-bond donors (Lipinski definition) is 0. The minimum absolute atomic E-state index is 0.143. The molecule has 0 bridgehead atoms. The summed E-state index contributed by atoms with van der Waals surface area (Å²) in [7, 11) is 0. The van der Waals surface area contributed by atoms with Gasteiger partial charge in [-0.1, -0.05) is 6.07 Å². The Bertz CT molecular complexity index is 310. The first kappa shape index (κ1) is 10.7. The van der Waals surface area contributed by atoms with E-state index in [1.807, 2.05) is 26.0 Å². The van der Waals surface area contributed by atoms with Crippen LogP contribution in [0.1, 0.15) is 24.6 Å². The fraction of sp³-hybridized carbons (Fsp3) is 0.455. The van der Waals surface area contributed by atoms with E-state index in [-0.39, 0.29) is 5.97 Å². The number of rotatable bonds is 4. The number of ether oxygens (including phenoxy) is 1. The Morgan fingerprint density at radius 1 is 1.57 bits per heavy atom. The molecule has 1 rings (SSSR count). The molecule has 0 saturated heterocycles. The van der Waals surface area contributed by atoms with Gasteiger partial charge in [-0.05, 0) is 31.9 Å². The monoisotopic (exact) mass is 193 g/mol. The van der Waals surface area contributed by atoms with Crippen molar-refractivity contribution in [2.24, 2.45) is 0 Å². The summed E-state index contributed by atoms with van der Waals surface area (Å²) in [6.07, 6.45) is 2.89. The van der Waals surface area contributed by atoms with Crippen LogP contribution in [0.25, 0.3) is 0 Å². The number of carbonyl (C=O) groups is 1. The van der Waals surface area contributed by atoms with E-state index in [4.69, 9.17) is 4.74 Å². The molecule has 0 aromatic carbocycles. The van der Waals surface area contributed by atoms with Gasteiger partial charge in [-0.3, -0.25) is 9.78 Å². The first-order valence-electron chi connectivity index (χ1n) is 4.80. The van der Waals surface area contributed by atoms with Crippen LogP contribution in [0.5, 0.6) is 0 Å². The van der Waals surface area contributed by atoms with Gasteiger partial charge in [0.15, 0.2) is 0 Å². The summed E-state index contributed by atoms with van der Waals surface area (Å²) in [5, 5.41) is 0. The van der Waals surface area contributed by atoms with E-state index < -0.39 is 0 Å². The molecule has 0 unspecified atom stereocenters. The molecule has 3 nitrogen and oxygen atoms in total. The molecule has 76 valence electrons. The van der Waals surface area contributed by atoms with Gasteiger partial charge in [0, 0.05) is 18.3 Å². The third-order valence-electron chi connectivity index (χ3n) is 2.02. The topological polar surface area (TPSA) is 39.2 Å². The lowest BCUT2D eigenvalue weighted by atomic mass is 10.1. The maximum atomic E-state index is 11.1. The lowest BCUT2D eigenvalue weighted by molar-refractivity contribution is -0.143. The summed E-state index contributed by atoms with van der Waals surface area (Å²) in [6, 6.07) is 3.87. The first-order chi connectivity index (χ1) is 6.74. The van der Waals surface area contributed by atoms with Crippen molar-refractivity contribution in [2.75, 3.05) is 6.61 Å². The number of esters is 1. The van der Waals surface area contributed by atoms with Crippen molar-refractivity contribution in [1.82, 2.24) is 4.98 Å². The van der Waals surface area contributed by atoms with Crippen molar-refractivity contribution in [2.45, 2.75) is 26.7 Å². The van der Waals surface area contributed by atoms with E-state index in [2.05, 4.69) is 4.98 Å². The Balaban J connectivity index is 2.46. The van der Waals surface area contributed by atoms with Crippen LogP contribution in [0.4, 0.5) is 0 Å². The van der Waals surface area contributed by atoms with Gasteiger partial charge in [0.25, 0.3) is 0 Å². The zero-order chi connectivity index (χ0) is 10.4. The molecule has 1 aromatic rings. The van der Waals surface area contributed by atoms with Crippen molar-refractivity contribution in [1.29, 1.82) is 0 Å². The standard InChI is InChI=1S/C11H15NO2/c1-3-14-11(13)7-6-10-5-4-8-12-9(10)2/h4-5,8H,3,6-7H2,1-2H3. The van der Waals surface area contributed by atoms with Crippen LogP contribution >= 0.6 is 0 Å². The number of nitrogens with zero attached hydrogens (tertiary/aromatic N) is 1. The second-order valence-corrected chi connectivity index (χ2v) is 3.05. The van der Waals surface area contributed by atoms with Crippen molar-refractivity contribution in [3.63, 3.8) is 0 Å². The Kier molecular flexibility index (Phi) is 4.11. The molecule has 0 spiro atoms. The molecule has 0 fully saturated rings. The first-order valence-corrected chi connectivity index (χ1v) is 4.80. The zero-order valence-corrected chi connectivity index (χ0v) is 8.62. The molecule has 0 aliphatic carbocycles. The highest BCUT2D eigenvalue weighted by Crippen LogP contribution is 2.07. The normalized spacial score (nSPS) is 9.86. The van der Waals surface area contributed by atoms with Crippen molar-refractivity contribution < 1.29 is 9.53 Å². The van der Waals surface area contributed by atoms with Crippen molar-refractivity contribution in [3.8, 4) is 0 Å². The van der Waals surface area contributed by atoms with E-state index in [0.29, 0.717) is 19.4 Å². The predicted molar refractivity (Wildman–Crippen MR) is 53.9 cm³/mol. The molecular formula is C11H15NO2. The van der Waals surface area contributed by atoms with E-state index in [0.717, 1.165) is 11.3 Å². The molecule has 3 heteroatoms. The maximum Gasteiger partial charge on any atom is 0.306 e. The molecule has 0 amide bonds. The van der Waals surface area contributed by atoms with Crippen LogP contribution in [0.15, 0.2) is 18.3 Å². The summed E-state index contributed by atoms with van der Waals surface area (Å²) < 4.78 is 4.84. The van der Waals surface area contributed by atoms with Crippen LogP contribution in [0.2, 0.25) is 0 Å². The average Bonchev–Trinajstić information content (AvgIpc) is 2.17.